The van der Waals surface area contributed by atoms with Gasteiger partial charge in [0.2, 0.25) is 11.8 Å². The summed E-state index contributed by atoms with van der Waals surface area (Å²) < 4.78 is 5.72. The normalized spacial score (nSPS) is 16.7. The van der Waals surface area contributed by atoms with Crippen LogP contribution in [0, 0.1) is 12.8 Å². The number of hydrogen-bond donors (Lipinski definition) is 0. The number of hydrogen-bond acceptors (Lipinski definition) is 3. The minimum atomic E-state index is -0.0128. The quantitative estimate of drug-likeness (QED) is 0.671. The molecule has 2 saturated carbocycles. The number of rotatable bonds is 8. The lowest BCUT2D eigenvalue weighted by Crippen LogP contribution is -2.45. The maximum atomic E-state index is 13.3. The van der Waals surface area contributed by atoms with E-state index in [9.17, 15) is 9.59 Å². The summed E-state index contributed by atoms with van der Waals surface area (Å²) in [5.74, 6) is 1.89. The second-order valence-electron chi connectivity index (χ2n) is 8.43. The molecule has 1 aromatic carbocycles. The van der Waals surface area contributed by atoms with Crippen molar-refractivity contribution < 1.29 is 14.0 Å². The maximum Gasteiger partial charge on any atom is 0.242 e. The zero-order chi connectivity index (χ0) is 20.2. The van der Waals surface area contributed by atoms with Crippen LogP contribution in [-0.4, -0.2) is 34.2 Å². The van der Waals surface area contributed by atoms with Crippen LogP contribution in [0.5, 0.6) is 0 Å². The van der Waals surface area contributed by atoms with Crippen LogP contribution in [0.1, 0.15) is 55.6 Å². The first-order valence-electron chi connectivity index (χ1n) is 10.8. The molecule has 2 aliphatic carbocycles. The highest BCUT2D eigenvalue weighted by Gasteiger charge is 2.38. The maximum absolute atomic E-state index is 13.3. The van der Waals surface area contributed by atoms with Crippen LogP contribution < -0.4 is 0 Å². The van der Waals surface area contributed by atoms with Gasteiger partial charge in [-0.15, -0.1) is 0 Å². The van der Waals surface area contributed by atoms with Crippen molar-refractivity contribution in [3.63, 3.8) is 0 Å². The molecule has 154 valence electrons. The molecule has 1 heterocycles. The van der Waals surface area contributed by atoms with E-state index in [1.807, 2.05) is 59.2 Å². The summed E-state index contributed by atoms with van der Waals surface area (Å²) in [6.45, 7) is 3.00. The van der Waals surface area contributed by atoms with Gasteiger partial charge < -0.3 is 14.2 Å². The first-order valence-corrected chi connectivity index (χ1v) is 10.8. The fourth-order valence-corrected chi connectivity index (χ4v) is 4.22. The lowest BCUT2D eigenvalue weighted by atomic mass is 10.1. The van der Waals surface area contributed by atoms with E-state index in [0.29, 0.717) is 13.1 Å². The molecule has 1 aromatic heterocycles. The summed E-state index contributed by atoms with van der Waals surface area (Å²) in [7, 11) is 0. The van der Waals surface area contributed by atoms with Crippen LogP contribution >= 0.6 is 0 Å². The van der Waals surface area contributed by atoms with Crippen molar-refractivity contribution in [2.75, 3.05) is 6.54 Å². The van der Waals surface area contributed by atoms with E-state index in [1.165, 1.54) is 0 Å². The van der Waals surface area contributed by atoms with Gasteiger partial charge in [-0.25, -0.2) is 0 Å². The molecule has 0 atom stereocenters. The van der Waals surface area contributed by atoms with E-state index in [-0.39, 0.29) is 30.3 Å². The van der Waals surface area contributed by atoms with Crippen LogP contribution in [0.4, 0.5) is 0 Å². The Hall–Kier alpha value is -2.56. The van der Waals surface area contributed by atoms with Crippen LogP contribution in [0.25, 0.3) is 0 Å². The molecule has 0 radical (unpaired) electrons. The Morgan fingerprint density at radius 1 is 0.966 bits per heavy atom. The Morgan fingerprint density at radius 2 is 1.69 bits per heavy atom. The largest absolute Gasteiger partial charge is 0.464 e. The van der Waals surface area contributed by atoms with Gasteiger partial charge in [-0.3, -0.25) is 9.59 Å². The molecule has 2 aliphatic rings. The van der Waals surface area contributed by atoms with E-state index in [4.69, 9.17) is 4.42 Å². The van der Waals surface area contributed by atoms with Gasteiger partial charge in [0.1, 0.15) is 18.1 Å². The minimum Gasteiger partial charge on any atom is -0.464 e. The van der Waals surface area contributed by atoms with Crippen molar-refractivity contribution >= 4 is 11.8 Å². The van der Waals surface area contributed by atoms with Crippen LogP contribution in [0.3, 0.4) is 0 Å². The highest BCUT2D eigenvalue weighted by Crippen LogP contribution is 2.33. The summed E-state index contributed by atoms with van der Waals surface area (Å²) in [6.07, 6.45) is 6.22. The molecule has 4 rings (SSSR count). The van der Waals surface area contributed by atoms with Crippen LogP contribution in [-0.2, 0) is 22.7 Å². The zero-order valence-corrected chi connectivity index (χ0v) is 17.2. The fourth-order valence-electron chi connectivity index (χ4n) is 4.22. The molecule has 2 amide bonds. The number of benzene rings is 1. The van der Waals surface area contributed by atoms with Crippen molar-refractivity contribution in [1.82, 2.24) is 9.80 Å². The van der Waals surface area contributed by atoms with E-state index in [2.05, 4.69) is 0 Å². The third kappa shape index (κ3) is 5.08. The number of carbonyl (C=O) groups excluding carboxylic acids is 2. The van der Waals surface area contributed by atoms with Gasteiger partial charge in [0.15, 0.2) is 0 Å². The summed E-state index contributed by atoms with van der Waals surface area (Å²) >= 11 is 0. The van der Waals surface area contributed by atoms with Crippen molar-refractivity contribution in [2.45, 2.75) is 64.6 Å². The molecule has 0 aliphatic heterocycles. The molecule has 5 nitrogen and oxygen atoms in total. The van der Waals surface area contributed by atoms with E-state index < -0.39 is 0 Å². The third-order valence-corrected chi connectivity index (χ3v) is 5.99. The lowest BCUT2D eigenvalue weighted by molar-refractivity contribution is -0.144. The molecule has 0 N–H and O–H groups in total. The Labute approximate surface area is 172 Å². The topological polar surface area (TPSA) is 53.8 Å². The molecule has 5 heteroatoms. The standard InChI is InChI=1S/C24H30N2O3/c1-18-11-14-22(29-18)16-25(15-19-7-3-2-4-8-19)23(27)17-26(21-12-13-21)24(28)20-9-5-6-10-20/h2-4,7-8,11,14,20-21H,5-6,9-10,12-13,15-17H2,1H3. The molecule has 0 spiro atoms. The van der Waals surface area contributed by atoms with Gasteiger partial charge in [-0.2, -0.15) is 0 Å². The van der Waals surface area contributed by atoms with Crippen molar-refractivity contribution in [1.29, 1.82) is 0 Å². The SMILES string of the molecule is Cc1ccc(CN(Cc2ccccc2)C(=O)CN(C(=O)C2CCCC2)C2CC2)o1. The van der Waals surface area contributed by atoms with Gasteiger partial charge in [-0.1, -0.05) is 43.2 Å². The van der Waals surface area contributed by atoms with E-state index >= 15 is 0 Å². The molecular formula is C24H30N2O3. The summed E-state index contributed by atoms with van der Waals surface area (Å²) in [5, 5.41) is 0. The molecule has 2 fully saturated rings. The predicted molar refractivity (Wildman–Crippen MR) is 111 cm³/mol. The number of aryl methyl sites for hydroxylation is 1. The summed E-state index contributed by atoms with van der Waals surface area (Å²) in [4.78, 5) is 30.0. The number of amides is 2. The first-order chi connectivity index (χ1) is 14.1. The second kappa shape index (κ2) is 8.85. The van der Waals surface area contributed by atoms with Crippen molar-refractivity contribution in [3.8, 4) is 0 Å². The monoisotopic (exact) mass is 394 g/mol. The third-order valence-electron chi connectivity index (χ3n) is 5.99. The van der Waals surface area contributed by atoms with Crippen LogP contribution in [0.15, 0.2) is 46.9 Å². The average molecular weight is 395 g/mol. The van der Waals surface area contributed by atoms with E-state index in [0.717, 1.165) is 55.6 Å². The first kappa shape index (κ1) is 19.7. The minimum absolute atomic E-state index is 0.0128. The highest BCUT2D eigenvalue weighted by atomic mass is 16.3. The van der Waals surface area contributed by atoms with Crippen LogP contribution in [0.2, 0.25) is 0 Å². The van der Waals surface area contributed by atoms with Gasteiger partial charge in [-0.05, 0) is 50.3 Å². The molecule has 29 heavy (non-hydrogen) atoms. The van der Waals surface area contributed by atoms with Crippen molar-refractivity contribution in [2.24, 2.45) is 5.92 Å². The Kier molecular flexibility index (Phi) is 6.02. The molecular weight excluding hydrogens is 364 g/mol. The number of nitrogens with zero attached hydrogens (tertiary/aromatic N) is 2. The molecule has 0 saturated heterocycles. The average Bonchev–Trinajstić information content (AvgIpc) is 3.24. The predicted octanol–water partition coefficient (Wildman–Crippen LogP) is 4.30. The molecule has 2 aromatic rings. The Morgan fingerprint density at radius 3 is 2.31 bits per heavy atom. The zero-order valence-electron chi connectivity index (χ0n) is 17.2. The number of carbonyl (C=O) groups is 2. The summed E-state index contributed by atoms with van der Waals surface area (Å²) in [5.41, 5.74) is 1.07. The van der Waals surface area contributed by atoms with Crippen molar-refractivity contribution in [3.05, 3.63) is 59.5 Å². The van der Waals surface area contributed by atoms with Gasteiger partial charge in [0.25, 0.3) is 0 Å². The second-order valence-corrected chi connectivity index (χ2v) is 8.43. The van der Waals surface area contributed by atoms with Gasteiger partial charge in [0.05, 0.1) is 6.54 Å². The smallest absolute Gasteiger partial charge is 0.242 e. The lowest BCUT2D eigenvalue weighted by Gasteiger charge is -2.29. The van der Waals surface area contributed by atoms with Gasteiger partial charge in [0, 0.05) is 18.5 Å². The van der Waals surface area contributed by atoms with Gasteiger partial charge >= 0.3 is 0 Å². The number of furan rings is 1. The molecule has 0 unspecified atom stereocenters. The fraction of sp³-hybridized carbons (Fsp3) is 0.500. The Bertz CT molecular complexity index is 835. The highest BCUT2D eigenvalue weighted by molar-refractivity contribution is 5.86. The molecule has 0 bridgehead atoms. The Balaban J connectivity index is 1.48. The van der Waals surface area contributed by atoms with E-state index in [1.54, 1.807) is 0 Å². The summed E-state index contributed by atoms with van der Waals surface area (Å²) in [6, 6.07) is 14.1.